The first kappa shape index (κ1) is 120. The van der Waals surface area contributed by atoms with Crippen molar-refractivity contribution in [1.29, 1.82) is 0 Å². The van der Waals surface area contributed by atoms with Gasteiger partial charge in [-0.15, -0.1) is 34.0 Å². The van der Waals surface area contributed by atoms with Crippen molar-refractivity contribution in [3.8, 4) is 23.0 Å². The number of thiophene rings is 3. The Morgan fingerprint density at radius 2 is 0.841 bits per heavy atom. The number of carbonyl (C=O) groups is 10. The summed E-state index contributed by atoms with van der Waals surface area (Å²) in [5.74, 6) is -7.86. The maximum atomic E-state index is 12.7. The second kappa shape index (κ2) is 61.3. The van der Waals surface area contributed by atoms with Crippen molar-refractivity contribution < 1.29 is 164 Å². The molecule has 54 heteroatoms. The SMILES string of the molecule is C=C(C)C(=O)Cl.C=C(C)C(=O)OOc1ccc(NC(=O)c2cc3cc([N+](=O)[O-])ccc3s2)c(C(N)=O)c1.CCN(CC)CC.CCN=C=NCCCN(C)C.NC(=O)c1cc(F)ccc1[N+](=O)[O-].NC(=O)c1cc(OO)ccc1N.NC(=O)c1cc(OO)ccc1NC(=O)c1cc2cc([N+](=O)[O-])ccc2s1.NC(=O)c1cc(OO)ccc1[N+](=O)[O-].O=C(O)c1cc2cc([N+](=O)[O-])ccc2s1.OO.[H-].[Na+]. The summed E-state index contributed by atoms with van der Waals surface area (Å²) >= 11 is 8.26. The van der Waals surface area contributed by atoms with Crippen molar-refractivity contribution >= 4 is 186 Å². The predicted octanol–water partition coefficient (Wildman–Crippen LogP) is 11.6. The van der Waals surface area contributed by atoms with Crippen LogP contribution in [0.4, 0.5) is 49.9 Å². The number of rotatable bonds is 30. The Balaban J connectivity index is 0.00000160. The molecule has 0 bridgehead atoms. The van der Waals surface area contributed by atoms with Crippen LogP contribution >= 0.6 is 45.6 Å². The number of nitrogens with one attached hydrogen (secondary N) is 2. The number of nitrogen functional groups attached to an aromatic ring is 1. The zero-order valence-corrected chi connectivity index (χ0v) is 79.5. The number of carboxylic acids is 1. The van der Waals surface area contributed by atoms with E-state index < -0.39 is 106 Å². The molecule has 7 amide bonds. The maximum absolute atomic E-state index is 12.7. The molecule has 20 N–H and O–H groups in total. The van der Waals surface area contributed by atoms with Crippen LogP contribution in [0.5, 0.6) is 23.0 Å². The van der Waals surface area contributed by atoms with Crippen LogP contribution in [0.1, 0.15) is 130 Å². The summed E-state index contributed by atoms with van der Waals surface area (Å²) in [6.07, 6.45) is 1.08. The van der Waals surface area contributed by atoms with Gasteiger partial charge in [0.15, 0.2) is 23.0 Å². The van der Waals surface area contributed by atoms with E-state index in [-0.39, 0.29) is 126 Å². The number of allylic oxidation sites excluding steroid dienone is 1. The molecular formula is C84H90ClFN17NaO31S3. The number of hydrogen-bond acceptors (Lipinski definition) is 38. The molecule has 3 aromatic heterocycles. The second-order valence-electron chi connectivity index (χ2n) is 26.6. The van der Waals surface area contributed by atoms with Crippen LogP contribution in [0.15, 0.2) is 198 Å². The van der Waals surface area contributed by atoms with Gasteiger partial charge in [0.25, 0.3) is 69.8 Å². The van der Waals surface area contributed by atoms with Gasteiger partial charge in [-0.25, -0.2) is 44.6 Å². The molecule has 730 valence electrons. The average Bonchev–Trinajstić information content (AvgIpc) is 1.69. The molecule has 0 fully saturated rings. The number of non-ortho nitro benzene ring substituents is 3. The fourth-order valence-electron chi connectivity index (χ4n) is 9.97. The fourth-order valence-corrected chi connectivity index (χ4v) is 12.7. The Bertz CT molecular complexity index is 6290. The Kier molecular flexibility index (Phi) is 53.4. The Hall–Kier alpha value is -15.7. The van der Waals surface area contributed by atoms with E-state index in [0.717, 1.165) is 101 Å². The van der Waals surface area contributed by atoms with Gasteiger partial charge in [-0.3, -0.25) is 104 Å². The molecule has 8 aromatic carbocycles. The number of fused-ring (bicyclic) bond motifs is 3. The number of benzene rings is 8. The molecule has 0 unspecified atom stereocenters. The zero-order chi connectivity index (χ0) is 104. The van der Waals surface area contributed by atoms with Crippen molar-refractivity contribution in [2.45, 2.75) is 48.0 Å². The Morgan fingerprint density at radius 1 is 0.493 bits per heavy atom. The van der Waals surface area contributed by atoms with Crippen LogP contribution < -0.4 is 94.1 Å². The van der Waals surface area contributed by atoms with Gasteiger partial charge in [-0.2, -0.15) is 0 Å². The molecule has 0 atom stereocenters. The van der Waals surface area contributed by atoms with Crippen molar-refractivity contribution in [3.05, 3.63) is 287 Å². The molecule has 0 aliphatic carbocycles. The van der Waals surface area contributed by atoms with Gasteiger partial charge in [0, 0.05) is 114 Å². The van der Waals surface area contributed by atoms with Gasteiger partial charge in [-0.05, 0) is 182 Å². The number of aliphatic imine (C=N–C) groups is 2. The number of primary amides is 5. The van der Waals surface area contributed by atoms with Gasteiger partial charge in [0.05, 0.1) is 75.0 Å². The van der Waals surface area contributed by atoms with E-state index in [1.807, 2.05) is 6.92 Å². The van der Waals surface area contributed by atoms with Crippen LogP contribution in [0.25, 0.3) is 30.3 Å². The van der Waals surface area contributed by atoms with Gasteiger partial charge in [0.2, 0.25) is 5.24 Å². The van der Waals surface area contributed by atoms with Crippen LogP contribution in [0, 0.1) is 56.4 Å². The molecule has 0 spiro atoms. The largest absolute Gasteiger partial charge is 1.00 e. The third-order valence-corrected chi connectivity index (χ3v) is 20.3. The second-order valence-corrected chi connectivity index (χ2v) is 30.2. The normalized spacial score (nSPS) is 9.78. The first-order valence-corrected chi connectivity index (χ1v) is 41.2. The summed E-state index contributed by atoms with van der Waals surface area (Å²) in [5.41, 5.74) is 29.9. The summed E-state index contributed by atoms with van der Waals surface area (Å²) < 4.78 is 14.7. The zero-order valence-electron chi connectivity index (χ0n) is 75.3. The molecule has 0 radical (unpaired) electrons. The summed E-state index contributed by atoms with van der Waals surface area (Å²) in [6, 6.07) is 37.6. The molecule has 48 nitrogen and oxygen atoms in total. The van der Waals surface area contributed by atoms with E-state index in [2.05, 4.69) is 104 Å². The minimum atomic E-state index is -1.02. The average molecular weight is 2010 g/mol. The fraction of sp³-hybridized carbons (Fsp3) is 0.179. The number of anilines is 3. The van der Waals surface area contributed by atoms with Crippen LogP contribution in [-0.4, -0.2) is 184 Å². The quantitative estimate of drug-likeness (QED) is 0.00229. The molecule has 0 aliphatic rings. The summed E-state index contributed by atoms with van der Waals surface area (Å²) in [4.78, 5) is 197. The van der Waals surface area contributed by atoms with Gasteiger partial charge < -0.3 is 76.0 Å². The number of hydrogen-bond donors (Lipinski definition) is 14. The number of amides is 7. The van der Waals surface area contributed by atoms with E-state index in [4.69, 9.17) is 82.3 Å². The third-order valence-electron chi connectivity index (χ3n) is 16.7. The van der Waals surface area contributed by atoms with Gasteiger partial charge in [0.1, 0.15) is 21.8 Å². The molecule has 0 saturated heterocycles. The minimum absolute atomic E-state index is 0. The van der Waals surface area contributed by atoms with Crippen LogP contribution in [-0.2, 0) is 14.5 Å². The summed E-state index contributed by atoms with van der Waals surface area (Å²) in [6.45, 7) is 24.5. The molecule has 138 heavy (non-hydrogen) atoms. The van der Waals surface area contributed by atoms with E-state index in [9.17, 15) is 103 Å². The molecule has 11 rings (SSSR count). The van der Waals surface area contributed by atoms with Gasteiger partial charge >= 0.3 is 41.5 Å². The smallest absolute Gasteiger partial charge is 1.00 e. The standard InChI is InChI=1S/C20H15N3O7S.C16H11N3O6S.C9H5NO4S.C8H17N3.C7H5FN2O3.C7H6N2O5.C7H8N2O3.C6H15N.C4H5ClO.Na.H2O2.H/c1-10(2)20(26)30-29-13-4-5-15(14(9-13)18(21)24)22-19(25)17-8-11-7-12(23(27)28)3-6-16(11)31-17;17-15(20)11-7-10(25-24)2-3-12(11)18-16(21)14-6-8-5-9(19(22)23)1-4-13(8)26-14;11-9(12)8-4-5-3-6(10(13)14)1-2-7(5)15-8;1-4-9-8-10-6-5-7-11(2)3;8-4-1-2-6(10(12)13)5(3-4)7(9)11;8-7(10)5-3-4(14-13)1-2-6(5)9(11)12;8-6-2-1-4(12-11)3-5(6)7(9)10;1-4-7(5-2)6-3;1-3(2)4(5)6;;1-2;/h3-9H,1H2,2H3,(H2,21,24)(H,22,25);1-7,24H,(H2,17,20)(H,18,21);1-4H,(H,11,12);4-7H2,1-3H3;1-3H,(H2,9,11);1-3,13H,(H2,8,10);1-3,11H,8H2,(H2,9,10);4-6H2,1-3H3;1H2,2H3;;1-2H;/q;;;;;;;;;+1;;-1. The van der Waals surface area contributed by atoms with Crippen molar-refractivity contribution in [2.75, 3.05) is 69.7 Å². The third kappa shape index (κ3) is 40.6. The van der Waals surface area contributed by atoms with Crippen LogP contribution in [0.3, 0.4) is 0 Å². The Labute approximate surface area is 820 Å². The minimum Gasteiger partial charge on any atom is -1.00 e. The van der Waals surface area contributed by atoms with Crippen LogP contribution in [0.2, 0.25) is 0 Å². The number of nitro benzene ring substituents is 5. The summed E-state index contributed by atoms with van der Waals surface area (Å²) in [7, 11) is 4.12. The van der Waals surface area contributed by atoms with E-state index in [0.29, 0.717) is 36.0 Å². The van der Waals surface area contributed by atoms with Crippen molar-refractivity contribution in [1.82, 2.24) is 9.80 Å². The van der Waals surface area contributed by atoms with E-state index >= 15 is 0 Å². The number of aromatic carboxylic acids is 1. The van der Waals surface area contributed by atoms with Gasteiger partial charge in [-0.1, -0.05) is 33.9 Å². The number of nitrogens with zero attached hydrogens (tertiary/aromatic N) is 9. The monoisotopic (exact) mass is 2010 g/mol. The molecule has 0 saturated carbocycles. The first-order valence-electron chi connectivity index (χ1n) is 38.4. The summed E-state index contributed by atoms with van der Waals surface area (Å²) in [5, 5.41) is 105. The van der Waals surface area contributed by atoms with E-state index in [1.54, 1.807) is 25.1 Å². The van der Waals surface area contributed by atoms with Crippen molar-refractivity contribution in [3.63, 3.8) is 0 Å². The number of nitrogens with two attached hydrogens (primary N) is 6. The Morgan fingerprint density at radius 3 is 1.18 bits per heavy atom. The molecule has 3 heterocycles. The van der Waals surface area contributed by atoms with E-state index in [1.165, 1.54) is 136 Å². The number of carboxylic acid groups (broad SMARTS) is 1. The molecule has 11 aromatic rings. The first-order chi connectivity index (χ1) is 64.6. The molecular weight excluding hydrogens is 1920 g/mol. The number of halogens is 2. The number of nitro groups is 5. The predicted molar refractivity (Wildman–Crippen MR) is 506 cm³/mol. The van der Waals surface area contributed by atoms with Crippen molar-refractivity contribution in [2.24, 2.45) is 38.7 Å². The molecule has 0 aliphatic heterocycles. The maximum Gasteiger partial charge on any atom is 1.00 e. The number of carbonyl (C=O) groups excluding carboxylic acids is 9. The topological polar surface area (TPSA) is 765 Å².